The highest BCUT2D eigenvalue weighted by molar-refractivity contribution is 5.77. The van der Waals surface area contributed by atoms with Gasteiger partial charge in [0.15, 0.2) is 0 Å². The molecule has 0 aromatic heterocycles. The number of carbonyl (C=O) groups excluding carboxylic acids is 1. The summed E-state index contributed by atoms with van der Waals surface area (Å²) >= 11 is 0. The fourth-order valence-electron chi connectivity index (χ4n) is 2.90. The molecule has 0 heterocycles. The Labute approximate surface area is 107 Å². The Balaban J connectivity index is 1.75. The molecular weight excluding hydrogens is 232 g/mol. The van der Waals surface area contributed by atoms with E-state index in [1.807, 2.05) is 0 Å². The van der Waals surface area contributed by atoms with Gasteiger partial charge in [0, 0.05) is 12.6 Å². The molecule has 2 unspecified atom stereocenters. The van der Waals surface area contributed by atoms with E-state index in [2.05, 4.69) is 17.6 Å². The van der Waals surface area contributed by atoms with Crippen molar-refractivity contribution in [3.8, 4) is 0 Å². The molecule has 2 fully saturated rings. The van der Waals surface area contributed by atoms with Crippen molar-refractivity contribution in [1.29, 1.82) is 0 Å². The van der Waals surface area contributed by atoms with E-state index in [1.165, 1.54) is 6.42 Å². The molecule has 0 bridgehead atoms. The van der Waals surface area contributed by atoms with Crippen LogP contribution in [0.25, 0.3) is 0 Å². The summed E-state index contributed by atoms with van der Waals surface area (Å²) in [5, 5.41) is 14.7. The van der Waals surface area contributed by atoms with Crippen LogP contribution < -0.4 is 10.6 Å². The van der Waals surface area contributed by atoms with Gasteiger partial charge in [-0.25, -0.2) is 4.79 Å². The smallest absolute Gasteiger partial charge is 0.315 e. The van der Waals surface area contributed by atoms with Crippen LogP contribution in [0.2, 0.25) is 0 Å². The van der Waals surface area contributed by atoms with Gasteiger partial charge in [-0.05, 0) is 31.1 Å². The number of hydrogen-bond donors (Lipinski definition) is 3. The third kappa shape index (κ3) is 2.94. The lowest BCUT2D eigenvalue weighted by atomic mass is 9.70. The number of carbonyl (C=O) groups is 2. The molecule has 2 amide bonds. The molecule has 2 saturated carbocycles. The Kier molecular flexibility index (Phi) is 3.78. The highest BCUT2D eigenvalue weighted by atomic mass is 16.4. The van der Waals surface area contributed by atoms with Crippen LogP contribution in [0.1, 0.15) is 45.4 Å². The average molecular weight is 254 g/mol. The second-order valence-corrected chi connectivity index (χ2v) is 5.97. The molecule has 5 heteroatoms. The molecule has 2 aliphatic rings. The van der Waals surface area contributed by atoms with Crippen molar-refractivity contribution in [2.75, 3.05) is 6.54 Å². The van der Waals surface area contributed by atoms with Crippen molar-refractivity contribution in [1.82, 2.24) is 10.6 Å². The van der Waals surface area contributed by atoms with Crippen LogP contribution in [0.3, 0.4) is 0 Å². The Bertz CT molecular complexity index is 339. The van der Waals surface area contributed by atoms with Crippen molar-refractivity contribution >= 4 is 12.0 Å². The molecule has 0 aliphatic heterocycles. The topological polar surface area (TPSA) is 78.4 Å². The molecule has 102 valence electrons. The van der Waals surface area contributed by atoms with Crippen molar-refractivity contribution in [2.45, 2.75) is 51.5 Å². The van der Waals surface area contributed by atoms with E-state index in [4.69, 9.17) is 5.11 Å². The highest BCUT2D eigenvalue weighted by Gasteiger charge is 2.35. The van der Waals surface area contributed by atoms with Gasteiger partial charge in [0.25, 0.3) is 0 Å². The maximum absolute atomic E-state index is 11.7. The first-order valence-electron chi connectivity index (χ1n) is 6.77. The second-order valence-electron chi connectivity index (χ2n) is 5.97. The summed E-state index contributed by atoms with van der Waals surface area (Å²) in [7, 11) is 0. The summed E-state index contributed by atoms with van der Waals surface area (Å²) in [6, 6.07) is -0.432. The predicted octanol–water partition coefficient (Wildman–Crippen LogP) is 1.73. The van der Waals surface area contributed by atoms with Crippen LogP contribution >= 0.6 is 0 Å². The molecule has 5 nitrogen and oxygen atoms in total. The van der Waals surface area contributed by atoms with Crippen molar-refractivity contribution < 1.29 is 14.7 Å². The summed E-state index contributed by atoms with van der Waals surface area (Å²) in [5.41, 5.74) is 0.249. The van der Waals surface area contributed by atoms with E-state index >= 15 is 0 Å². The Hall–Kier alpha value is -1.26. The molecule has 18 heavy (non-hydrogen) atoms. The first kappa shape index (κ1) is 13.2. The number of rotatable bonds is 4. The normalized spacial score (nSPS) is 29.4. The lowest BCUT2D eigenvalue weighted by Gasteiger charge is -2.38. The molecular formula is C13H22N2O3. The van der Waals surface area contributed by atoms with Gasteiger partial charge in [0.2, 0.25) is 0 Å². The van der Waals surface area contributed by atoms with Crippen LogP contribution in [0.15, 0.2) is 0 Å². The van der Waals surface area contributed by atoms with E-state index in [0.717, 1.165) is 25.7 Å². The number of hydrogen-bond acceptors (Lipinski definition) is 2. The quantitative estimate of drug-likeness (QED) is 0.715. The van der Waals surface area contributed by atoms with Gasteiger partial charge in [0.05, 0.1) is 5.92 Å². The maximum Gasteiger partial charge on any atom is 0.315 e. The van der Waals surface area contributed by atoms with Crippen molar-refractivity contribution in [3.05, 3.63) is 0 Å². The lowest BCUT2D eigenvalue weighted by Crippen LogP contribution is -2.48. The number of aliphatic carboxylic acids is 1. The van der Waals surface area contributed by atoms with Gasteiger partial charge in [-0.3, -0.25) is 4.79 Å². The standard InChI is InChI=1S/C13H22N2O3/c1-13(6-3-7-13)8-14-12(18)15-10-5-2-4-9(10)11(16)17/h9-10H,2-8H2,1H3,(H,16,17)(H2,14,15,18). The number of amides is 2. The van der Waals surface area contributed by atoms with E-state index < -0.39 is 11.9 Å². The van der Waals surface area contributed by atoms with Gasteiger partial charge >= 0.3 is 12.0 Å². The van der Waals surface area contributed by atoms with E-state index in [9.17, 15) is 9.59 Å². The van der Waals surface area contributed by atoms with Crippen LogP contribution in [0.4, 0.5) is 4.79 Å². The Morgan fingerprint density at radius 2 is 2.00 bits per heavy atom. The summed E-state index contributed by atoms with van der Waals surface area (Å²) in [6.45, 7) is 2.86. The summed E-state index contributed by atoms with van der Waals surface area (Å²) in [4.78, 5) is 22.7. The van der Waals surface area contributed by atoms with Crippen molar-refractivity contribution in [3.63, 3.8) is 0 Å². The largest absolute Gasteiger partial charge is 0.481 e. The first-order chi connectivity index (χ1) is 8.50. The minimum Gasteiger partial charge on any atom is -0.481 e. The molecule has 2 rings (SSSR count). The monoisotopic (exact) mass is 254 g/mol. The molecule has 0 radical (unpaired) electrons. The molecule has 0 aromatic rings. The van der Waals surface area contributed by atoms with Gasteiger partial charge in [0.1, 0.15) is 0 Å². The van der Waals surface area contributed by atoms with Crippen LogP contribution in [0.5, 0.6) is 0 Å². The van der Waals surface area contributed by atoms with Crippen LogP contribution in [-0.2, 0) is 4.79 Å². The van der Waals surface area contributed by atoms with E-state index in [1.54, 1.807) is 0 Å². The van der Waals surface area contributed by atoms with E-state index in [0.29, 0.717) is 13.0 Å². The molecule has 3 N–H and O–H groups in total. The zero-order chi connectivity index (χ0) is 13.2. The summed E-state index contributed by atoms with van der Waals surface area (Å²) < 4.78 is 0. The SMILES string of the molecule is CC1(CNC(=O)NC2CCCC2C(=O)O)CCC1. The zero-order valence-electron chi connectivity index (χ0n) is 10.9. The predicted molar refractivity (Wildman–Crippen MR) is 67.3 cm³/mol. The Morgan fingerprint density at radius 3 is 2.56 bits per heavy atom. The molecule has 0 saturated heterocycles. The van der Waals surface area contributed by atoms with Crippen LogP contribution in [-0.4, -0.2) is 29.7 Å². The number of carboxylic acid groups (broad SMARTS) is 1. The third-order valence-corrected chi connectivity index (χ3v) is 4.39. The fraction of sp³-hybridized carbons (Fsp3) is 0.846. The number of carboxylic acids is 1. The molecule has 0 aromatic carbocycles. The zero-order valence-corrected chi connectivity index (χ0v) is 10.9. The van der Waals surface area contributed by atoms with Crippen LogP contribution in [0, 0.1) is 11.3 Å². The van der Waals surface area contributed by atoms with Gasteiger partial charge in [-0.2, -0.15) is 0 Å². The minimum absolute atomic E-state index is 0.211. The molecule has 2 aliphatic carbocycles. The van der Waals surface area contributed by atoms with E-state index in [-0.39, 0.29) is 17.5 Å². The molecule has 2 atom stereocenters. The molecule has 0 spiro atoms. The number of urea groups is 1. The fourth-order valence-corrected chi connectivity index (χ4v) is 2.90. The van der Waals surface area contributed by atoms with Gasteiger partial charge in [-0.1, -0.05) is 19.8 Å². The Morgan fingerprint density at radius 1 is 1.28 bits per heavy atom. The minimum atomic E-state index is -0.802. The third-order valence-electron chi connectivity index (χ3n) is 4.39. The number of nitrogens with one attached hydrogen (secondary N) is 2. The lowest BCUT2D eigenvalue weighted by molar-refractivity contribution is -0.142. The summed E-state index contributed by atoms with van der Waals surface area (Å²) in [5.74, 6) is -1.22. The first-order valence-corrected chi connectivity index (χ1v) is 6.77. The van der Waals surface area contributed by atoms with Gasteiger partial charge in [-0.15, -0.1) is 0 Å². The van der Waals surface area contributed by atoms with Crippen molar-refractivity contribution in [2.24, 2.45) is 11.3 Å². The average Bonchev–Trinajstić information content (AvgIpc) is 2.72. The van der Waals surface area contributed by atoms with Gasteiger partial charge < -0.3 is 15.7 Å². The maximum atomic E-state index is 11.7. The summed E-state index contributed by atoms with van der Waals surface area (Å²) in [6.07, 6.45) is 5.87. The second kappa shape index (κ2) is 5.16. The highest BCUT2D eigenvalue weighted by Crippen LogP contribution is 2.39.